The summed E-state index contributed by atoms with van der Waals surface area (Å²) in [6, 6.07) is 16.4. The second-order valence-corrected chi connectivity index (χ2v) is 6.32. The number of fused-ring (bicyclic) bond motifs is 1. The first-order chi connectivity index (χ1) is 13.1. The molecule has 134 valence electrons. The zero-order valence-corrected chi connectivity index (χ0v) is 15.1. The first kappa shape index (κ1) is 17.1. The highest BCUT2D eigenvalue weighted by atomic mass is 35.5. The summed E-state index contributed by atoms with van der Waals surface area (Å²) in [5.41, 5.74) is 8.59. The molecular formula is C20H15ClN4O2. The smallest absolute Gasteiger partial charge is 0.269 e. The number of benzene rings is 2. The summed E-state index contributed by atoms with van der Waals surface area (Å²) in [5.74, 6) is 0.0578. The van der Waals surface area contributed by atoms with Crippen molar-refractivity contribution < 1.29 is 9.53 Å². The van der Waals surface area contributed by atoms with Crippen LogP contribution < -0.4 is 10.5 Å². The Labute approximate surface area is 160 Å². The zero-order chi connectivity index (χ0) is 19.0. The molecule has 0 aliphatic carbocycles. The van der Waals surface area contributed by atoms with Crippen LogP contribution in [-0.2, 0) is 0 Å². The fraction of sp³-hybridized carbons (Fsp3) is 0.0500. The molecule has 0 radical (unpaired) electrons. The average Bonchev–Trinajstić information content (AvgIpc) is 3.12. The fourth-order valence-corrected chi connectivity index (χ4v) is 3.19. The molecule has 4 rings (SSSR count). The van der Waals surface area contributed by atoms with Gasteiger partial charge < -0.3 is 10.5 Å². The van der Waals surface area contributed by atoms with Crippen molar-refractivity contribution in [2.75, 3.05) is 7.11 Å². The number of nitrogens with two attached hydrogens (primary N) is 1. The first-order valence-corrected chi connectivity index (χ1v) is 8.54. The summed E-state index contributed by atoms with van der Waals surface area (Å²) in [7, 11) is 1.60. The predicted molar refractivity (Wildman–Crippen MR) is 104 cm³/mol. The number of carbonyl (C=O) groups is 1. The molecule has 0 bridgehead atoms. The lowest BCUT2D eigenvalue weighted by Crippen LogP contribution is -2.12. The Bertz CT molecular complexity index is 1170. The number of hydrogen-bond donors (Lipinski definition) is 1. The molecule has 0 fully saturated rings. The number of ether oxygens (including phenoxy) is 1. The molecular weight excluding hydrogens is 364 g/mol. The van der Waals surface area contributed by atoms with E-state index in [0.717, 1.165) is 22.2 Å². The third-order valence-corrected chi connectivity index (χ3v) is 4.49. The Morgan fingerprint density at radius 3 is 2.74 bits per heavy atom. The standard InChI is InChI=1S/C20H15ClN4O2/c1-27-19-5-3-2-4-14(19)18-11-16(20(22)26)24-25(18)17-8-9-23-15-10-12(21)6-7-13(15)17/h2-11H,1H3,(H2,22,26). The minimum atomic E-state index is -0.605. The van der Waals surface area contributed by atoms with Crippen molar-refractivity contribution in [3.63, 3.8) is 0 Å². The molecule has 2 aromatic carbocycles. The van der Waals surface area contributed by atoms with Crippen LogP contribution in [0.3, 0.4) is 0 Å². The highest BCUT2D eigenvalue weighted by Crippen LogP contribution is 2.33. The molecule has 6 nitrogen and oxygen atoms in total. The maximum Gasteiger partial charge on any atom is 0.269 e. The third kappa shape index (κ3) is 3.00. The van der Waals surface area contributed by atoms with Gasteiger partial charge in [0, 0.05) is 22.2 Å². The van der Waals surface area contributed by atoms with Crippen LogP contribution in [0.15, 0.2) is 60.8 Å². The van der Waals surface area contributed by atoms with Gasteiger partial charge in [0.2, 0.25) is 0 Å². The van der Waals surface area contributed by atoms with Gasteiger partial charge in [0.05, 0.1) is 24.0 Å². The summed E-state index contributed by atoms with van der Waals surface area (Å²) in [6.07, 6.45) is 1.67. The van der Waals surface area contributed by atoms with E-state index in [4.69, 9.17) is 22.1 Å². The number of para-hydroxylation sites is 1. The van der Waals surface area contributed by atoms with Crippen LogP contribution in [0.4, 0.5) is 0 Å². The van der Waals surface area contributed by atoms with Crippen molar-refractivity contribution in [3.05, 3.63) is 71.5 Å². The van der Waals surface area contributed by atoms with Gasteiger partial charge in [-0.25, -0.2) is 4.68 Å². The number of rotatable bonds is 4. The van der Waals surface area contributed by atoms with Gasteiger partial charge in [-0.1, -0.05) is 23.7 Å². The number of hydrogen-bond acceptors (Lipinski definition) is 4. The SMILES string of the molecule is COc1ccccc1-c1cc(C(N)=O)nn1-c1ccnc2cc(Cl)ccc12. The van der Waals surface area contributed by atoms with E-state index in [-0.39, 0.29) is 5.69 Å². The largest absolute Gasteiger partial charge is 0.496 e. The Morgan fingerprint density at radius 1 is 1.15 bits per heavy atom. The molecule has 0 spiro atoms. The van der Waals surface area contributed by atoms with E-state index in [9.17, 15) is 4.79 Å². The van der Waals surface area contributed by atoms with Gasteiger partial charge in [0.15, 0.2) is 5.69 Å². The molecule has 7 heteroatoms. The summed E-state index contributed by atoms with van der Waals surface area (Å²) < 4.78 is 7.15. The first-order valence-electron chi connectivity index (χ1n) is 8.16. The molecule has 0 saturated carbocycles. The van der Waals surface area contributed by atoms with Crippen LogP contribution in [0, 0.1) is 0 Å². The summed E-state index contributed by atoms with van der Waals surface area (Å²) in [6.45, 7) is 0. The van der Waals surface area contributed by atoms with E-state index in [1.165, 1.54) is 0 Å². The van der Waals surface area contributed by atoms with Crippen molar-refractivity contribution in [2.45, 2.75) is 0 Å². The quantitative estimate of drug-likeness (QED) is 0.584. The van der Waals surface area contributed by atoms with Gasteiger partial charge in [-0.05, 0) is 42.5 Å². The third-order valence-electron chi connectivity index (χ3n) is 4.25. The van der Waals surface area contributed by atoms with Crippen molar-refractivity contribution in [3.8, 4) is 22.7 Å². The minimum Gasteiger partial charge on any atom is -0.496 e. The van der Waals surface area contributed by atoms with Crippen molar-refractivity contribution in [1.82, 2.24) is 14.8 Å². The Kier molecular flexibility index (Phi) is 4.25. The zero-order valence-electron chi connectivity index (χ0n) is 14.4. The lowest BCUT2D eigenvalue weighted by atomic mass is 10.1. The van der Waals surface area contributed by atoms with E-state index in [0.29, 0.717) is 16.5 Å². The number of primary amides is 1. The summed E-state index contributed by atoms with van der Waals surface area (Å²) >= 11 is 6.09. The van der Waals surface area contributed by atoms with Crippen molar-refractivity contribution in [1.29, 1.82) is 0 Å². The van der Waals surface area contributed by atoms with E-state index in [1.807, 2.05) is 36.4 Å². The minimum absolute atomic E-state index is 0.162. The second kappa shape index (κ2) is 6.74. The molecule has 2 heterocycles. The lowest BCUT2D eigenvalue weighted by Gasteiger charge is -2.12. The molecule has 0 aliphatic rings. The van der Waals surface area contributed by atoms with Crippen LogP contribution in [0.5, 0.6) is 5.75 Å². The Morgan fingerprint density at radius 2 is 1.96 bits per heavy atom. The average molecular weight is 379 g/mol. The number of methoxy groups -OCH3 is 1. The van der Waals surface area contributed by atoms with Gasteiger partial charge in [-0.3, -0.25) is 9.78 Å². The number of aromatic nitrogens is 3. The number of carbonyl (C=O) groups excluding carboxylic acids is 1. The van der Waals surface area contributed by atoms with Gasteiger partial charge in [0.1, 0.15) is 5.75 Å². The molecule has 27 heavy (non-hydrogen) atoms. The molecule has 0 atom stereocenters. The van der Waals surface area contributed by atoms with Crippen molar-refractivity contribution in [2.24, 2.45) is 5.73 Å². The molecule has 2 aromatic heterocycles. The topological polar surface area (TPSA) is 83.0 Å². The molecule has 0 saturated heterocycles. The van der Waals surface area contributed by atoms with Crippen molar-refractivity contribution >= 4 is 28.4 Å². The summed E-state index contributed by atoms with van der Waals surface area (Å²) in [4.78, 5) is 16.1. The van der Waals surface area contributed by atoms with Crippen LogP contribution >= 0.6 is 11.6 Å². The number of amides is 1. The van der Waals surface area contributed by atoms with Gasteiger partial charge in [-0.2, -0.15) is 5.10 Å². The maximum atomic E-state index is 11.8. The van der Waals surface area contributed by atoms with Crippen LogP contribution in [-0.4, -0.2) is 27.8 Å². The highest BCUT2D eigenvalue weighted by Gasteiger charge is 2.19. The van der Waals surface area contributed by atoms with E-state index < -0.39 is 5.91 Å². The highest BCUT2D eigenvalue weighted by molar-refractivity contribution is 6.31. The molecule has 2 N–H and O–H groups in total. The van der Waals surface area contributed by atoms with Crippen LogP contribution in [0.25, 0.3) is 27.8 Å². The number of pyridine rings is 1. The van der Waals surface area contributed by atoms with Crippen LogP contribution in [0.2, 0.25) is 5.02 Å². The van der Waals surface area contributed by atoms with Gasteiger partial charge in [0.25, 0.3) is 5.91 Å². The van der Waals surface area contributed by atoms with Gasteiger partial charge >= 0.3 is 0 Å². The molecule has 4 aromatic rings. The van der Waals surface area contributed by atoms with Crippen LogP contribution in [0.1, 0.15) is 10.5 Å². The number of halogens is 1. The number of nitrogens with zero attached hydrogens (tertiary/aromatic N) is 3. The van der Waals surface area contributed by atoms with E-state index >= 15 is 0 Å². The lowest BCUT2D eigenvalue weighted by molar-refractivity contribution is 0.0995. The van der Waals surface area contributed by atoms with E-state index in [2.05, 4.69) is 10.1 Å². The van der Waals surface area contributed by atoms with Gasteiger partial charge in [-0.15, -0.1) is 0 Å². The monoisotopic (exact) mass is 378 g/mol. The fourth-order valence-electron chi connectivity index (χ4n) is 3.02. The molecule has 0 unspecified atom stereocenters. The second-order valence-electron chi connectivity index (χ2n) is 5.88. The Hall–Kier alpha value is -3.38. The predicted octanol–water partition coefficient (Wildman–Crippen LogP) is 3.85. The maximum absolute atomic E-state index is 11.8. The Balaban J connectivity index is 2.03. The molecule has 1 amide bonds. The molecule has 0 aliphatic heterocycles. The summed E-state index contributed by atoms with van der Waals surface area (Å²) in [5, 5.41) is 5.87. The normalized spacial score (nSPS) is 10.9. The van der Waals surface area contributed by atoms with E-state index in [1.54, 1.807) is 36.2 Å².